The largest absolute Gasteiger partial charge is 0.398 e. The van der Waals surface area contributed by atoms with Crippen molar-refractivity contribution in [3.05, 3.63) is 0 Å². The van der Waals surface area contributed by atoms with Crippen molar-refractivity contribution in [1.82, 2.24) is 0 Å². The fraction of sp³-hybridized carbons (Fsp3) is 0.875. The third-order valence-corrected chi connectivity index (χ3v) is 11.3. The molecule has 2 atom stereocenters. The predicted octanol–water partition coefficient (Wildman–Crippen LogP) is 2.69. The van der Waals surface area contributed by atoms with E-state index in [0.29, 0.717) is 32.1 Å². The van der Waals surface area contributed by atoms with E-state index in [0.717, 1.165) is 0 Å². The molecule has 0 aliphatic carbocycles. The van der Waals surface area contributed by atoms with Crippen LogP contribution in [0, 0.1) is 0 Å². The smallest absolute Gasteiger partial charge is 0.340 e. The molecule has 0 fully saturated rings. The Kier molecular flexibility index (Phi) is 12.7. The molecular formula is C16H32N2O6Si2. The molecule has 0 aromatic rings. The van der Waals surface area contributed by atoms with Crippen molar-refractivity contribution < 1.29 is 27.3 Å². The minimum absolute atomic E-state index is 0.159. The van der Waals surface area contributed by atoms with E-state index in [1.54, 1.807) is 26.4 Å². The van der Waals surface area contributed by atoms with Gasteiger partial charge in [-0.2, -0.15) is 0 Å². The van der Waals surface area contributed by atoms with Crippen LogP contribution >= 0.6 is 0 Å². The van der Waals surface area contributed by atoms with Gasteiger partial charge in [0.15, 0.2) is 0 Å². The summed E-state index contributed by atoms with van der Waals surface area (Å²) < 4.78 is 23.1. The second-order valence-electron chi connectivity index (χ2n) is 6.12. The quantitative estimate of drug-likeness (QED) is 0.236. The molecule has 0 rings (SSSR count). The van der Waals surface area contributed by atoms with E-state index in [2.05, 4.69) is 9.98 Å². The summed E-state index contributed by atoms with van der Waals surface area (Å²) in [5.74, 6) is 0. The van der Waals surface area contributed by atoms with Gasteiger partial charge in [-0.15, -0.1) is 0 Å². The van der Waals surface area contributed by atoms with Crippen molar-refractivity contribution in [2.24, 2.45) is 9.98 Å². The number of isocyanates is 2. The second kappa shape index (κ2) is 13.2. The zero-order chi connectivity index (χ0) is 20.1. The molecule has 0 aromatic carbocycles. The standard InChI is InChI=1S/C16H32N2O6Si2/c1-7-23-26(6,24-8-2)16(9-11-17-13-19)15(18-14-20)10-12-25(5,21-3)22-4/h15-16H,7-12H2,1-6H3. The van der Waals surface area contributed by atoms with Crippen molar-refractivity contribution in [1.29, 1.82) is 0 Å². The summed E-state index contributed by atoms with van der Waals surface area (Å²) in [4.78, 5) is 29.2. The summed E-state index contributed by atoms with van der Waals surface area (Å²) in [5.41, 5.74) is -0.159. The van der Waals surface area contributed by atoms with E-state index >= 15 is 0 Å². The van der Waals surface area contributed by atoms with E-state index in [9.17, 15) is 9.59 Å². The molecule has 0 spiro atoms. The average Bonchev–Trinajstić information content (AvgIpc) is 2.62. The van der Waals surface area contributed by atoms with E-state index < -0.39 is 17.1 Å². The Bertz CT molecular complexity index is 485. The molecule has 0 saturated carbocycles. The van der Waals surface area contributed by atoms with Crippen molar-refractivity contribution in [2.45, 2.75) is 57.4 Å². The molecule has 0 radical (unpaired) electrons. The fourth-order valence-electron chi connectivity index (χ4n) is 3.00. The lowest BCUT2D eigenvalue weighted by atomic mass is 10.1. The van der Waals surface area contributed by atoms with Crippen LogP contribution in [0.2, 0.25) is 24.7 Å². The van der Waals surface area contributed by atoms with Crippen molar-refractivity contribution in [2.75, 3.05) is 34.0 Å². The van der Waals surface area contributed by atoms with Gasteiger partial charge in [0, 0.05) is 33.0 Å². The summed E-state index contributed by atoms with van der Waals surface area (Å²) in [6, 6.07) is 0.299. The maximum Gasteiger partial charge on any atom is 0.340 e. The van der Waals surface area contributed by atoms with Crippen LogP contribution in [0.4, 0.5) is 0 Å². The van der Waals surface area contributed by atoms with Gasteiger partial charge < -0.3 is 17.7 Å². The Labute approximate surface area is 158 Å². The highest BCUT2D eigenvalue weighted by molar-refractivity contribution is 6.68. The fourth-order valence-corrected chi connectivity index (χ4v) is 7.65. The Morgan fingerprint density at radius 3 is 1.96 bits per heavy atom. The first kappa shape index (κ1) is 25.0. The molecule has 150 valence electrons. The Morgan fingerprint density at radius 2 is 1.54 bits per heavy atom. The van der Waals surface area contributed by atoms with Crippen molar-refractivity contribution in [3.8, 4) is 0 Å². The topological polar surface area (TPSA) is 95.8 Å². The van der Waals surface area contributed by atoms with Crippen LogP contribution in [0.3, 0.4) is 0 Å². The number of aliphatic imine (C=N–C) groups is 2. The second-order valence-corrected chi connectivity index (χ2v) is 13.1. The van der Waals surface area contributed by atoms with E-state index in [4.69, 9.17) is 17.7 Å². The highest BCUT2D eigenvalue weighted by atomic mass is 28.4. The number of carbonyl (C=O) groups excluding carboxylic acids is 2. The van der Waals surface area contributed by atoms with E-state index in [1.807, 2.05) is 26.9 Å². The summed E-state index contributed by atoms with van der Waals surface area (Å²) in [6.07, 6.45) is 4.33. The molecule has 0 aliphatic heterocycles. The minimum Gasteiger partial charge on any atom is -0.398 e. The lowest BCUT2D eigenvalue weighted by Gasteiger charge is -2.37. The monoisotopic (exact) mass is 404 g/mol. The van der Waals surface area contributed by atoms with Crippen LogP contribution in [-0.2, 0) is 27.3 Å². The summed E-state index contributed by atoms with van der Waals surface area (Å²) in [6.45, 7) is 9.01. The highest BCUT2D eigenvalue weighted by Crippen LogP contribution is 2.36. The van der Waals surface area contributed by atoms with Crippen LogP contribution in [-0.4, -0.2) is 69.3 Å². The van der Waals surface area contributed by atoms with Crippen LogP contribution in [0.5, 0.6) is 0 Å². The SMILES string of the molecule is CCO[Si](C)(OCC)C(CCN=C=O)C(CC[Si](C)(OC)OC)N=C=O. The summed E-state index contributed by atoms with van der Waals surface area (Å²) in [5, 5.41) is 0. The minimum atomic E-state index is -2.67. The van der Waals surface area contributed by atoms with Gasteiger partial charge >= 0.3 is 17.1 Å². The Balaban J connectivity index is 5.64. The molecule has 26 heavy (non-hydrogen) atoms. The van der Waals surface area contributed by atoms with E-state index in [-0.39, 0.29) is 18.1 Å². The lowest BCUT2D eigenvalue weighted by Crippen LogP contribution is -2.48. The Hall–Kier alpha value is -0.966. The van der Waals surface area contributed by atoms with Crippen LogP contribution in [0.15, 0.2) is 9.98 Å². The summed E-state index contributed by atoms with van der Waals surface area (Å²) in [7, 11) is -1.73. The van der Waals surface area contributed by atoms with Crippen LogP contribution < -0.4 is 0 Å². The molecule has 8 nitrogen and oxygen atoms in total. The van der Waals surface area contributed by atoms with Gasteiger partial charge in [-0.25, -0.2) is 19.6 Å². The molecule has 0 amide bonds. The van der Waals surface area contributed by atoms with Gasteiger partial charge in [0.05, 0.1) is 12.6 Å². The van der Waals surface area contributed by atoms with Crippen LogP contribution in [0.1, 0.15) is 26.7 Å². The molecule has 0 N–H and O–H groups in total. The maximum atomic E-state index is 11.1. The lowest BCUT2D eigenvalue weighted by molar-refractivity contribution is 0.171. The number of hydrogen-bond donors (Lipinski definition) is 0. The molecule has 0 heterocycles. The van der Waals surface area contributed by atoms with Crippen LogP contribution in [0.25, 0.3) is 0 Å². The summed E-state index contributed by atoms with van der Waals surface area (Å²) >= 11 is 0. The van der Waals surface area contributed by atoms with Gasteiger partial charge in [-0.1, -0.05) is 0 Å². The molecule has 0 saturated heterocycles. The molecule has 0 aromatic heterocycles. The third-order valence-electron chi connectivity index (χ3n) is 4.59. The van der Waals surface area contributed by atoms with Crippen molar-refractivity contribution in [3.63, 3.8) is 0 Å². The molecule has 2 unspecified atom stereocenters. The van der Waals surface area contributed by atoms with Crippen molar-refractivity contribution >= 4 is 29.3 Å². The van der Waals surface area contributed by atoms with Gasteiger partial charge in [0.1, 0.15) is 0 Å². The third kappa shape index (κ3) is 8.15. The van der Waals surface area contributed by atoms with Gasteiger partial charge in [-0.05, 0) is 45.8 Å². The van der Waals surface area contributed by atoms with Gasteiger partial charge in [-0.3, -0.25) is 0 Å². The molecule has 0 bridgehead atoms. The highest BCUT2D eigenvalue weighted by Gasteiger charge is 2.46. The molecule has 0 aliphatic rings. The number of hydrogen-bond acceptors (Lipinski definition) is 8. The first-order chi connectivity index (χ1) is 12.4. The van der Waals surface area contributed by atoms with E-state index in [1.165, 1.54) is 0 Å². The first-order valence-electron chi connectivity index (χ1n) is 8.85. The molecule has 10 heteroatoms. The normalized spacial score (nSPS) is 14.2. The predicted molar refractivity (Wildman–Crippen MR) is 103 cm³/mol. The zero-order valence-corrected chi connectivity index (χ0v) is 18.7. The first-order valence-corrected chi connectivity index (χ1v) is 13.8. The van der Waals surface area contributed by atoms with Gasteiger partial charge in [0.2, 0.25) is 12.2 Å². The Morgan fingerprint density at radius 1 is 0.962 bits per heavy atom. The number of nitrogens with zero attached hydrogens (tertiary/aromatic N) is 2. The zero-order valence-electron chi connectivity index (χ0n) is 16.7. The average molecular weight is 405 g/mol. The maximum absolute atomic E-state index is 11.1. The number of rotatable bonds is 15. The molecular weight excluding hydrogens is 372 g/mol. The van der Waals surface area contributed by atoms with Gasteiger partial charge in [0.25, 0.3) is 0 Å².